The Hall–Kier alpha value is -1.88. The van der Waals surface area contributed by atoms with Crippen molar-refractivity contribution >= 4 is 17.5 Å². The second-order valence-electron chi connectivity index (χ2n) is 4.84. The molecule has 1 N–H and O–H groups in total. The summed E-state index contributed by atoms with van der Waals surface area (Å²) >= 11 is 5.90. The van der Waals surface area contributed by atoms with Crippen LogP contribution < -0.4 is 10.1 Å². The Kier molecular flexibility index (Phi) is 5.33. The van der Waals surface area contributed by atoms with Crippen LogP contribution in [0.2, 0.25) is 5.28 Å². The van der Waals surface area contributed by atoms with Crippen LogP contribution in [0.4, 0.5) is 5.95 Å². The highest BCUT2D eigenvalue weighted by Gasteiger charge is 2.10. The Balaban J connectivity index is 2.10. The number of halogens is 1. The first-order chi connectivity index (χ1) is 10.1. The minimum atomic E-state index is 0.0584. The van der Waals surface area contributed by atoms with E-state index in [0.29, 0.717) is 12.6 Å². The van der Waals surface area contributed by atoms with Gasteiger partial charge in [0.1, 0.15) is 0 Å². The summed E-state index contributed by atoms with van der Waals surface area (Å²) in [4.78, 5) is 12.2. The molecule has 0 spiro atoms. The van der Waals surface area contributed by atoms with Gasteiger partial charge in [0.25, 0.3) is 0 Å². The van der Waals surface area contributed by atoms with E-state index < -0.39 is 0 Å². The van der Waals surface area contributed by atoms with Gasteiger partial charge in [0.05, 0.1) is 12.6 Å². The molecule has 2 rings (SSSR count). The minimum absolute atomic E-state index is 0.0584. The van der Waals surface area contributed by atoms with Crippen LogP contribution in [0.25, 0.3) is 0 Å². The zero-order valence-corrected chi connectivity index (χ0v) is 13.2. The molecule has 1 aromatic carbocycles. The summed E-state index contributed by atoms with van der Waals surface area (Å²) in [5, 5.41) is 3.33. The Bertz CT molecular complexity index is 589. The van der Waals surface area contributed by atoms with Crippen molar-refractivity contribution in [3.8, 4) is 6.01 Å². The van der Waals surface area contributed by atoms with Crippen molar-refractivity contribution in [2.75, 3.05) is 11.9 Å². The number of aryl methyl sites for hydroxylation is 1. The summed E-state index contributed by atoms with van der Waals surface area (Å²) in [5.41, 5.74) is 2.37. The van der Waals surface area contributed by atoms with Gasteiger partial charge in [-0.25, -0.2) is 0 Å². The summed E-state index contributed by atoms with van der Waals surface area (Å²) in [6.07, 6.45) is 0.881. The molecular formula is C15H19ClN4O. The molecule has 0 saturated heterocycles. The molecule has 2 aromatic rings. The third-order valence-corrected chi connectivity index (χ3v) is 3.11. The Morgan fingerprint density at radius 3 is 2.57 bits per heavy atom. The van der Waals surface area contributed by atoms with E-state index in [1.165, 1.54) is 5.56 Å². The summed E-state index contributed by atoms with van der Waals surface area (Å²) in [6.45, 7) is 6.66. The predicted octanol–water partition coefficient (Wildman–Crippen LogP) is 3.80. The fourth-order valence-electron chi connectivity index (χ4n) is 1.79. The molecule has 1 aromatic heterocycles. The normalized spacial score (nSPS) is 12.0. The van der Waals surface area contributed by atoms with Gasteiger partial charge in [-0.1, -0.05) is 36.8 Å². The average Bonchev–Trinajstić information content (AvgIpc) is 2.45. The fraction of sp³-hybridized carbons (Fsp3) is 0.400. The molecular weight excluding hydrogens is 288 g/mol. The largest absolute Gasteiger partial charge is 0.463 e. The number of anilines is 1. The zero-order valence-electron chi connectivity index (χ0n) is 12.4. The first-order valence-electron chi connectivity index (χ1n) is 6.96. The fourth-order valence-corrected chi connectivity index (χ4v) is 1.94. The molecule has 0 aliphatic rings. The van der Waals surface area contributed by atoms with E-state index in [1.807, 2.05) is 13.8 Å². The molecule has 112 valence electrons. The number of nitrogens with one attached hydrogen (secondary N) is 1. The van der Waals surface area contributed by atoms with Crippen LogP contribution in [-0.2, 0) is 0 Å². The van der Waals surface area contributed by atoms with E-state index in [9.17, 15) is 0 Å². The first kappa shape index (κ1) is 15.5. The molecule has 0 amide bonds. The summed E-state index contributed by atoms with van der Waals surface area (Å²) in [6, 6.07) is 8.60. The highest BCUT2D eigenvalue weighted by molar-refractivity contribution is 6.28. The second kappa shape index (κ2) is 7.22. The third-order valence-electron chi connectivity index (χ3n) is 2.95. The molecule has 1 unspecified atom stereocenters. The van der Waals surface area contributed by atoms with Gasteiger partial charge >= 0.3 is 6.01 Å². The van der Waals surface area contributed by atoms with E-state index in [2.05, 4.69) is 51.5 Å². The summed E-state index contributed by atoms with van der Waals surface area (Å²) in [7, 11) is 0. The highest BCUT2D eigenvalue weighted by atomic mass is 35.5. The van der Waals surface area contributed by atoms with E-state index in [4.69, 9.17) is 16.3 Å². The van der Waals surface area contributed by atoms with Crippen LogP contribution in [-0.4, -0.2) is 21.6 Å². The van der Waals surface area contributed by atoms with Crippen molar-refractivity contribution < 1.29 is 4.74 Å². The van der Waals surface area contributed by atoms with Crippen LogP contribution in [0.5, 0.6) is 6.01 Å². The van der Waals surface area contributed by atoms with Crippen molar-refractivity contribution in [2.45, 2.75) is 33.2 Å². The molecule has 5 nitrogen and oxygen atoms in total. The van der Waals surface area contributed by atoms with E-state index in [1.54, 1.807) is 0 Å². The van der Waals surface area contributed by atoms with Gasteiger partial charge in [-0.3, -0.25) is 0 Å². The molecule has 0 aliphatic carbocycles. The maximum atomic E-state index is 5.90. The number of rotatable bonds is 6. The van der Waals surface area contributed by atoms with Gasteiger partial charge in [0, 0.05) is 0 Å². The van der Waals surface area contributed by atoms with Crippen molar-refractivity contribution in [2.24, 2.45) is 0 Å². The summed E-state index contributed by atoms with van der Waals surface area (Å²) < 4.78 is 5.39. The lowest BCUT2D eigenvalue weighted by atomic mass is 10.1. The molecule has 1 atom stereocenters. The molecule has 0 aliphatic heterocycles. The molecule has 0 radical (unpaired) electrons. The third kappa shape index (κ3) is 4.56. The van der Waals surface area contributed by atoms with Gasteiger partial charge < -0.3 is 10.1 Å². The molecule has 0 fully saturated rings. The molecule has 21 heavy (non-hydrogen) atoms. The first-order valence-corrected chi connectivity index (χ1v) is 7.33. The maximum Gasteiger partial charge on any atom is 0.322 e. The minimum Gasteiger partial charge on any atom is -0.463 e. The Morgan fingerprint density at radius 1 is 1.19 bits per heavy atom. The lowest BCUT2D eigenvalue weighted by molar-refractivity contribution is 0.291. The smallest absolute Gasteiger partial charge is 0.322 e. The number of benzene rings is 1. The van der Waals surface area contributed by atoms with Crippen molar-refractivity contribution in [1.29, 1.82) is 0 Å². The predicted molar refractivity (Wildman–Crippen MR) is 83.8 cm³/mol. The zero-order chi connectivity index (χ0) is 15.2. The molecule has 0 saturated carbocycles. The SMILES string of the molecule is CCCOc1nc(Cl)nc(NC(C)c2ccc(C)cc2)n1. The van der Waals surface area contributed by atoms with Crippen molar-refractivity contribution in [1.82, 2.24) is 15.0 Å². The number of aromatic nitrogens is 3. The topological polar surface area (TPSA) is 59.9 Å². The molecule has 0 bridgehead atoms. The number of hydrogen-bond acceptors (Lipinski definition) is 5. The Morgan fingerprint density at radius 2 is 1.90 bits per heavy atom. The van der Waals surface area contributed by atoms with Crippen LogP contribution in [0, 0.1) is 6.92 Å². The van der Waals surface area contributed by atoms with E-state index in [0.717, 1.165) is 12.0 Å². The monoisotopic (exact) mass is 306 g/mol. The van der Waals surface area contributed by atoms with Gasteiger partial charge in [-0.2, -0.15) is 15.0 Å². The van der Waals surface area contributed by atoms with Crippen LogP contribution in [0.3, 0.4) is 0 Å². The lowest BCUT2D eigenvalue weighted by Crippen LogP contribution is -2.11. The average molecular weight is 307 g/mol. The van der Waals surface area contributed by atoms with Crippen LogP contribution in [0.1, 0.15) is 37.4 Å². The second-order valence-corrected chi connectivity index (χ2v) is 5.17. The van der Waals surface area contributed by atoms with Gasteiger partial charge in [0.2, 0.25) is 11.2 Å². The number of nitrogens with zero attached hydrogens (tertiary/aromatic N) is 3. The van der Waals surface area contributed by atoms with Gasteiger partial charge in [-0.05, 0) is 37.4 Å². The maximum absolute atomic E-state index is 5.90. The molecule has 1 heterocycles. The van der Waals surface area contributed by atoms with E-state index >= 15 is 0 Å². The van der Waals surface area contributed by atoms with Gasteiger partial charge in [-0.15, -0.1) is 0 Å². The highest BCUT2D eigenvalue weighted by Crippen LogP contribution is 2.19. The van der Waals surface area contributed by atoms with Crippen molar-refractivity contribution in [3.63, 3.8) is 0 Å². The quantitative estimate of drug-likeness (QED) is 0.879. The van der Waals surface area contributed by atoms with Crippen LogP contribution >= 0.6 is 11.6 Å². The summed E-state index contributed by atoms with van der Waals surface area (Å²) in [5.74, 6) is 0.411. The number of hydrogen-bond donors (Lipinski definition) is 1. The lowest BCUT2D eigenvalue weighted by Gasteiger charge is -2.15. The molecule has 6 heteroatoms. The van der Waals surface area contributed by atoms with E-state index in [-0.39, 0.29) is 17.3 Å². The number of ether oxygens (including phenoxy) is 1. The van der Waals surface area contributed by atoms with Gasteiger partial charge in [0.15, 0.2) is 0 Å². The standard InChI is InChI=1S/C15H19ClN4O/c1-4-9-21-15-19-13(16)18-14(20-15)17-11(3)12-7-5-10(2)6-8-12/h5-8,11H,4,9H2,1-3H3,(H,17,18,19,20). The van der Waals surface area contributed by atoms with Crippen LogP contribution in [0.15, 0.2) is 24.3 Å². The van der Waals surface area contributed by atoms with Crippen molar-refractivity contribution in [3.05, 3.63) is 40.7 Å². The Labute approximate surface area is 129 Å².